The van der Waals surface area contributed by atoms with Crippen LogP contribution in [0.25, 0.3) is 0 Å². The Morgan fingerprint density at radius 1 is 1.24 bits per heavy atom. The summed E-state index contributed by atoms with van der Waals surface area (Å²) in [5.74, 6) is -2.99. The lowest BCUT2D eigenvalue weighted by molar-refractivity contribution is -0.0617. The highest BCUT2D eigenvalue weighted by Crippen LogP contribution is 2.45. The van der Waals surface area contributed by atoms with Crippen LogP contribution in [0.3, 0.4) is 0 Å². The molecule has 2 amide bonds. The molecule has 0 radical (unpaired) electrons. The van der Waals surface area contributed by atoms with Crippen LogP contribution in [0, 0.1) is 23.5 Å². The fraction of sp³-hybridized carbons (Fsp3) is 0.480. The molecule has 1 aliphatic carbocycles. The predicted octanol–water partition coefficient (Wildman–Crippen LogP) is 3.80. The summed E-state index contributed by atoms with van der Waals surface area (Å²) < 4.78 is 62.9. The van der Waals surface area contributed by atoms with E-state index in [1.54, 1.807) is 4.90 Å². The number of methoxy groups -OCH3 is 1. The summed E-state index contributed by atoms with van der Waals surface area (Å²) in [6.07, 6.45) is 2.26. The van der Waals surface area contributed by atoms with E-state index in [-0.39, 0.29) is 30.4 Å². The molecule has 0 saturated heterocycles. The Balaban J connectivity index is 0.000000934. The number of hydrogen-bond acceptors (Lipinski definition) is 5. The minimum Gasteiger partial charge on any atom is -0.503 e. The second kappa shape index (κ2) is 11.9. The Hall–Kier alpha value is -3.48. The number of nitrogens with one attached hydrogen (secondary N) is 1. The van der Waals surface area contributed by atoms with Crippen LogP contribution in [0.1, 0.15) is 53.1 Å². The molecule has 1 aliphatic heterocycles. The molecule has 4 atom stereocenters. The maximum Gasteiger partial charge on any atom is 0.379 e. The highest BCUT2D eigenvalue weighted by Gasteiger charge is 2.47. The highest BCUT2D eigenvalue weighted by atomic mass is 19.4. The lowest BCUT2D eigenvalue weighted by Crippen LogP contribution is -2.55. The Labute approximate surface area is 215 Å². The van der Waals surface area contributed by atoms with Gasteiger partial charge in [0.25, 0.3) is 11.8 Å². The average molecular weight is 546 g/mol. The van der Waals surface area contributed by atoms with Crippen molar-refractivity contribution in [1.82, 2.24) is 14.8 Å². The van der Waals surface area contributed by atoms with Crippen LogP contribution in [-0.2, 0) is 17.8 Å². The smallest absolute Gasteiger partial charge is 0.379 e. The van der Waals surface area contributed by atoms with Gasteiger partial charge in [0, 0.05) is 37.5 Å². The lowest BCUT2D eigenvalue weighted by atomic mass is 10.0. The standard InChI is InChI=1S/C24H27F2N3O5.CHF3/c1-4-18(15-7-12(15)2)29-19(34-3)11-28-10-16(21(30)22(31)20(28)24(29)33)23(32)27-9-13-5-6-14(25)8-17(13)26;2-1(3)4/h5-6,8,10,12,15,18-19,31H,4,7,9,11H2,1-3H3,(H,27,32);1H. The molecule has 2 aliphatic rings. The van der Waals surface area contributed by atoms with Gasteiger partial charge in [-0.25, -0.2) is 8.78 Å². The Morgan fingerprint density at radius 3 is 2.39 bits per heavy atom. The van der Waals surface area contributed by atoms with E-state index in [9.17, 15) is 41.4 Å². The topological polar surface area (TPSA) is 101 Å². The summed E-state index contributed by atoms with van der Waals surface area (Å²) >= 11 is 0. The van der Waals surface area contributed by atoms with Crippen LogP contribution in [0.2, 0.25) is 0 Å². The number of ether oxygens (including phenoxy) is 1. The molecular weight excluding hydrogens is 517 g/mol. The number of carbonyl (C=O) groups excluding carboxylic acids is 2. The van der Waals surface area contributed by atoms with Crippen LogP contribution in [-0.4, -0.2) is 52.4 Å². The summed E-state index contributed by atoms with van der Waals surface area (Å²) in [6, 6.07) is 2.83. The highest BCUT2D eigenvalue weighted by molar-refractivity contribution is 5.99. The number of nitrogens with zero attached hydrogens (tertiary/aromatic N) is 2. The second-order valence-corrected chi connectivity index (χ2v) is 9.14. The van der Waals surface area contributed by atoms with Gasteiger partial charge in [-0.2, -0.15) is 13.2 Å². The first kappa shape index (κ1) is 29.1. The fourth-order valence-corrected chi connectivity index (χ4v) is 4.77. The van der Waals surface area contributed by atoms with Crippen molar-refractivity contribution < 1.29 is 41.4 Å². The molecule has 4 unspecified atom stereocenters. The van der Waals surface area contributed by atoms with Gasteiger partial charge in [0.1, 0.15) is 17.2 Å². The van der Waals surface area contributed by atoms with E-state index < -0.39 is 53.1 Å². The van der Waals surface area contributed by atoms with E-state index in [4.69, 9.17) is 4.74 Å². The van der Waals surface area contributed by atoms with Crippen LogP contribution in [0.5, 0.6) is 5.75 Å². The quantitative estimate of drug-likeness (QED) is 0.516. The number of benzene rings is 1. The van der Waals surface area contributed by atoms with Crippen molar-refractivity contribution in [3.63, 3.8) is 0 Å². The molecule has 2 heterocycles. The van der Waals surface area contributed by atoms with E-state index in [0.29, 0.717) is 24.3 Å². The largest absolute Gasteiger partial charge is 0.503 e. The normalized spacial score (nSPS) is 20.9. The third-order valence-corrected chi connectivity index (χ3v) is 6.77. The molecule has 2 N–H and O–H groups in total. The van der Waals surface area contributed by atoms with Gasteiger partial charge >= 0.3 is 6.68 Å². The number of aromatic hydroxyl groups is 1. The van der Waals surface area contributed by atoms with Crippen LogP contribution >= 0.6 is 0 Å². The first-order valence-corrected chi connectivity index (χ1v) is 11.9. The van der Waals surface area contributed by atoms with Gasteiger partial charge in [0.2, 0.25) is 5.43 Å². The molecule has 0 spiro atoms. The third-order valence-electron chi connectivity index (χ3n) is 6.77. The number of alkyl halides is 3. The molecule has 208 valence electrons. The van der Waals surface area contributed by atoms with Crippen molar-refractivity contribution in [2.24, 2.45) is 11.8 Å². The monoisotopic (exact) mass is 545 g/mol. The molecular formula is C25H28F5N3O5. The van der Waals surface area contributed by atoms with Gasteiger partial charge in [-0.05, 0) is 30.7 Å². The average Bonchev–Trinajstić information content (AvgIpc) is 3.57. The molecule has 1 aromatic heterocycles. The zero-order valence-electron chi connectivity index (χ0n) is 20.9. The van der Waals surface area contributed by atoms with Gasteiger partial charge in [0.15, 0.2) is 17.7 Å². The summed E-state index contributed by atoms with van der Waals surface area (Å²) in [5.41, 5.74) is -1.56. The SMILES string of the molecule is CCC(C1CC1C)N1C(=O)c2c(O)c(=O)c(C(=O)NCc3ccc(F)cc3F)cn2CC1OC.FC(F)F. The summed E-state index contributed by atoms with van der Waals surface area (Å²) in [5, 5.41) is 13.0. The first-order chi connectivity index (χ1) is 17.9. The van der Waals surface area contributed by atoms with Crippen LogP contribution in [0.15, 0.2) is 29.2 Å². The number of hydrogen-bond donors (Lipinski definition) is 2. The second-order valence-electron chi connectivity index (χ2n) is 9.14. The summed E-state index contributed by atoms with van der Waals surface area (Å²) in [6.45, 7) is 0.255. The van der Waals surface area contributed by atoms with Gasteiger partial charge in [0.05, 0.1) is 6.54 Å². The van der Waals surface area contributed by atoms with Crippen molar-refractivity contribution in [3.8, 4) is 5.75 Å². The molecule has 13 heteroatoms. The Morgan fingerprint density at radius 2 is 1.87 bits per heavy atom. The Bertz CT molecular complexity index is 1250. The molecule has 2 aromatic rings. The minimum absolute atomic E-state index is 0.0298. The van der Waals surface area contributed by atoms with Crippen molar-refractivity contribution in [3.05, 3.63) is 63.1 Å². The van der Waals surface area contributed by atoms with Crippen molar-refractivity contribution in [2.75, 3.05) is 7.11 Å². The molecule has 1 saturated carbocycles. The number of aromatic nitrogens is 1. The molecule has 38 heavy (non-hydrogen) atoms. The van der Waals surface area contributed by atoms with Crippen LogP contribution in [0.4, 0.5) is 22.0 Å². The number of halogens is 5. The predicted molar refractivity (Wildman–Crippen MR) is 125 cm³/mol. The number of fused-ring (bicyclic) bond motifs is 1. The fourth-order valence-electron chi connectivity index (χ4n) is 4.77. The number of carbonyl (C=O) groups is 2. The first-order valence-electron chi connectivity index (χ1n) is 11.9. The molecule has 4 rings (SSSR count). The lowest BCUT2D eigenvalue weighted by Gasteiger charge is -2.41. The van der Waals surface area contributed by atoms with Gasteiger partial charge in [-0.3, -0.25) is 14.4 Å². The molecule has 1 aromatic carbocycles. The van der Waals surface area contributed by atoms with E-state index in [2.05, 4.69) is 12.2 Å². The summed E-state index contributed by atoms with van der Waals surface area (Å²) in [7, 11) is 1.48. The van der Waals surface area contributed by atoms with E-state index >= 15 is 0 Å². The number of amides is 2. The summed E-state index contributed by atoms with van der Waals surface area (Å²) in [4.78, 5) is 40.5. The van der Waals surface area contributed by atoms with E-state index in [1.807, 2.05) is 6.92 Å². The Kier molecular flexibility index (Phi) is 9.13. The maximum atomic E-state index is 13.9. The molecule has 0 bridgehead atoms. The molecule has 1 fully saturated rings. The zero-order valence-corrected chi connectivity index (χ0v) is 20.9. The minimum atomic E-state index is -3.67. The van der Waals surface area contributed by atoms with Crippen LogP contribution < -0.4 is 10.7 Å². The zero-order chi connectivity index (χ0) is 28.3. The number of pyridine rings is 1. The number of rotatable bonds is 7. The van der Waals surface area contributed by atoms with Gasteiger partial charge < -0.3 is 24.6 Å². The van der Waals surface area contributed by atoms with E-state index in [1.165, 1.54) is 23.9 Å². The van der Waals surface area contributed by atoms with Crippen molar-refractivity contribution in [2.45, 2.75) is 58.7 Å². The maximum absolute atomic E-state index is 13.9. The van der Waals surface area contributed by atoms with Crippen molar-refractivity contribution >= 4 is 11.8 Å². The van der Waals surface area contributed by atoms with E-state index in [0.717, 1.165) is 12.5 Å². The van der Waals surface area contributed by atoms with Gasteiger partial charge in [-0.15, -0.1) is 0 Å². The van der Waals surface area contributed by atoms with Gasteiger partial charge in [-0.1, -0.05) is 19.9 Å². The molecule has 8 nitrogen and oxygen atoms in total. The van der Waals surface area contributed by atoms with Crippen molar-refractivity contribution in [1.29, 1.82) is 0 Å². The third kappa shape index (κ3) is 6.14.